The zero-order valence-electron chi connectivity index (χ0n) is 11.1. The summed E-state index contributed by atoms with van der Waals surface area (Å²) >= 11 is 0. The second-order valence-corrected chi connectivity index (χ2v) is 3.83. The molecule has 7 nitrogen and oxygen atoms in total. The molecule has 0 bridgehead atoms. The monoisotopic (exact) mass is 282 g/mol. The molecule has 0 aliphatic rings. The molecule has 0 amide bonds. The first kappa shape index (κ1) is 17.5. The van der Waals surface area contributed by atoms with Gasteiger partial charge in [-0.2, -0.15) is 0 Å². The third-order valence-electron chi connectivity index (χ3n) is 1.90. The van der Waals surface area contributed by atoms with Crippen LogP contribution in [0, 0.1) is 0 Å². The van der Waals surface area contributed by atoms with Crippen molar-refractivity contribution in [3.63, 3.8) is 0 Å². The molecule has 0 radical (unpaired) electrons. The highest BCUT2D eigenvalue weighted by Crippen LogP contribution is 2.12. The summed E-state index contributed by atoms with van der Waals surface area (Å²) < 4.78 is 4.46. The summed E-state index contributed by atoms with van der Waals surface area (Å²) in [4.78, 5) is 20.9. The van der Waals surface area contributed by atoms with E-state index in [0.717, 1.165) is 0 Å². The molecule has 6 N–H and O–H groups in total. The van der Waals surface area contributed by atoms with Crippen molar-refractivity contribution >= 4 is 23.3 Å². The van der Waals surface area contributed by atoms with Crippen LogP contribution in [-0.2, 0) is 9.53 Å². The number of aliphatic hydroxyl groups is 1. The highest BCUT2D eigenvalue weighted by Gasteiger charge is 2.03. The maximum atomic E-state index is 10.5. The smallest absolute Gasteiger partial charge is 0.335 e. The maximum Gasteiger partial charge on any atom is 0.335 e. The second-order valence-electron chi connectivity index (χ2n) is 3.83. The number of carboxylic acids is 1. The van der Waals surface area contributed by atoms with Crippen molar-refractivity contribution in [1.29, 1.82) is 0 Å². The van der Waals surface area contributed by atoms with Crippen LogP contribution >= 0.6 is 0 Å². The molecule has 110 valence electrons. The average molecular weight is 282 g/mol. The summed E-state index contributed by atoms with van der Waals surface area (Å²) in [6, 6.07) is 4.23. The summed E-state index contributed by atoms with van der Waals surface area (Å²) in [7, 11) is 0. The van der Waals surface area contributed by atoms with Crippen molar-refractivity contribution in [2.75, 3.05) is 24.7 Å². The fraction of sp³-hybridized carbons (Fsp3) is 0.231. The minimum absolute atomic E-state index is 0.0473. The van der Waals surface area contributed by atoms with Gasteiger partial charge in [-0.15, -0.1) is 0 Å². The number of carboxylic acid groups (broad SMARTS) is 1. The van der Waals surface area contributed by atoms with Gasteiger partial charge < -0.3 is 26.4 Å². The van der Waals surface area contributed by atoms with Crippen molar-refractivity contribution in [3.8, 4) is 0 Å². The lowest BCUT2D eigenvalue weighted by molar-refractivity contribution is -0.139. The summed E-state index contributed by atoms with van der Waals surface area (Å²) in [6.07, 6.45) is 0. The fourth-order valence-electron chi connectivity index (χ4n) is 1.06. The molecule has 0 saturated heterocycles. The Morgan fingerprint density at radius 2 is 1.75 bits per heavy atom. The van der Waals surface area contributed by atoms with Crippen molar-refractivity contribution in [2.24, 2.45) is 0 Å². The Kier molecular flexibility index (Phi) is 7.46. The number of ether oxygens (including phenoxy) is 1. The quantitative estimate of drug-likeness (QED) is 0.361. The Morgan fingerprint density at radius 1 is 1.25 bits per heavy atom. The molecule has 1 aromatic carbocycles. The third-order valence-corrected chi connectivity index (χ3v) is 1.90. The Labute approximate surface area is 116 Å². The standard InChI is InChI=1S/C7H8N2O2.C6H10O3/c8-5-1-4(7(10)11)2-6(9)3-5;1-5(2)6(8)9-4-3-7/h1-3H,8-9H2,(H,10,11);7H,1,3-4H2,2H3. The van der Waals surface area contributed by atoms with Crippen LogP contribution in [0.4, 0.5) is 11.4 Å². The van der Waals surface area contributed by atoms with Gasteiger partial charge in [0.25, 0.3) is 0 Å². The number of aliphatic hydroxyl groups excluding tert-OH is 1. The second kappa shape index (κ2) is 8.54. The molecule has 0 atom stereocenters. The van der Waals surface area contributed by atoms with Crippen LogP contribution < -0.4 is 11.5 Å². The van der Waals surface area contributed by atoms with Gasteiger partial charge in [0, 0.05) is 16.9 Å². The van der Waals surface area contributed by atoms with E-state index in [1.165, 1.54) is 18.2 Å². The van der Waals surface area contributed by atoms with Crippen LogP contribution in [0.3, 0.4) is 0 Å². The van der Waals surface area contributed by atoms with Crippen molar-refractivity contribution in [2.45, 2.75) is 6.92 Å². The van der Waals surface area contributed by atoms with Gasteiger partial charge in [-0.3, -0.25) is 0 Å². The summed E-state index contributed by atoms with van der Waals surface area (Å²) in [5.41, 5.74) is 11.9. The Hall–Kier alpha value is -2.54. The first-order valence-electron chi connectivity index (χ1n) is 5.60. The minimum atomic E-state index is -1.02. The number of nitrogen functional groups attached to an aromatic ring is 2. The highest BCUT2D eigenvalue weighted by atomic mass is 16.5. The first-order valence-corrected chi connectivity index (χ1v) is 5.60. The van der Waals surface area contributed by atoms with E-state index >= 15 is 0 Å². The molecule has 0 aliphatic heterocycles. The van der Waals surface area contributed by atoms with E-state index in [9.17, 15) is 9.59 Å². The maximum absolute atomic E-state index is 10.5. The number of carbonyl (C=O) groups is 2. The van der Waals surface area contributed by atoms with Gasteiger partial charge in [-0.05, 0) is 25.1 Å². The van der Waals surface area contributed by atoms with Crippen LogP contribution in [0.25, 0.3) is 0 Å². The number of benzene rings is 1. The predicted octanol–water partition coefficient (Wildman–Crippen LogP) is 0.647. The molecule has 0 heterocycles. The Bertz CT molecular complexity index is 479. The van der Waals surface area contributed by atoms with Crippen LogP contribution in [-0.4, -0.2) is 35.4 Å². The molecule has 20 heavy (non-hydrogen) atoms. The predicted molar refractivity (Wildman–Crippen MR) is 75.1 cm³/mol. The van der Waals surface area contributed by atoms with Gasteiger partial charge in [-0.1, -0.05) is 6.58 Å². The van der Waals surface area contributed by atoms with E-state index in [-0.39, 0.29) is 18.8 Å². The number of esters is 1. The van der Waals surface area contributed by atoms with E-state index in [0.29, 0.717) is 16.9 Å². The van der Waals surface area contributed by atoms with Crippen molar-refractivity contribution < 1.29 is 24.5 Å². The number of hydrogen-bond acceptors (Lipinski definition) is 6. The number of aromatic carboxylic acids is 1. The van der Waals surface area contributed by atoms with Crippen LogP contribution in [0.15, 0.2) is 30.4 Å². The zero-order chi connectivity index (χ0) is 15.7. The molecule has 1 aromatic rings. The Balaban J connectivity index is 0.000000370. The van der Waals surface area contributed by atoms with Crippen molar-refractivity contribution in [3.05, 3.63) is 35.9 Å². The lowest BCUT2D eigenvalue weighted by Crippen LogP contribution is -2.08. The zero-order valence-corrected chi connectivity index (χ0v) is 11.1. The average Bonchev–Trinajstić information content (AvgIpc) is 2.35. The molecule has 7 heteroatoms. The summed E-state index contributed by atoms with van der Waals surface area (Å²) in [5.74, 6) is -1.48. The number of hydrogen-bond donors (Lipinski definition) is 4. The van der Waals surface area contributed by atoms with Crippen LogP contribution in [0.5, 0.6) is 0 Å². The van der Waals surface area contributed by atoms with Gasteiger partial charge in [-0.25, -0.2) is 9.59 Å². The number of anilines is 2. The molecule has 0 unspecified atom stereocenters. The number of rotatable bonds is 4. The molecule has 0 fully saturated rings. The largest absolute Gasteiger partial charge is 0.478 e. The fourth-order valence-corrected chi connectivity index (χ4v) is 1.06. The SMILES string of the molecule is C=C(C)C(=O)OCCO.Nc1cc(N)cc(C(=O)O)c1. The first-order chi connectivity index (χ1) is 9.27. The van der Waals surface area contributed by atoms with E-state index in [2.05, 4.69) is 11.3 Å². The van der Waals surface area contributed by atoms with Gasteiger partial charge in [0.15, 0.2) is 0 Å². The van der Waals surface area contributed by atoms with Gasteiger partial charge in [0.05, 0.1) is 12.2 Å². The summed E-state index contributed by atoms with van der Waals surface area (Å²) in [5, 5.41) is 16.7. The minimum Gasteiger partial charge on any atom is -0.478 e. The molecular formula is C13H18N2O5. The number of carbonyl (C=O) groups excluding carboxylic acids is 1. The molecule has 1 rings (SSSR count). The van der Waals surface area contributed by atoms with E-state index < -0.39 is 11.9 Å². The molecule has 0 spiro atoms. The lowest BCUT2D eigenvalue weighted by Gasteiger charge is -1.99. The lowest BCUT2D eigenvalue weighted by atomic mass is 10.2. The molecule has 0 saturated carbocycles. The molecule has 0 aromatic heterocycles. The third kappa shape index (κ3) is 7.02. The Morgan fingerprint density at radius 3 is 2.10 bits per heavy atom. The highest BCUT2D eigenvalue weighted by molar-refractivity contribution is 5.90. The van der Waals surface area contributed by atoms with Gasteiger partial charge in [0.1, 0.15) is 6.61 Å². The van der Waals surface area contributed by atoms with E-state index in [1.54, 1.807) is 6.92 Å². The van der Waals surface area contributed by atoms with Crippen LogP contribution in [0.1, 0.15) is 17.3 Å². The number of nitrogens with two attached hydrogens (primary N) is 2. The topological polar surface area (TPSA) is 136 Å². The van der Waals surface area contributed by atoms with Gasteiger partial charge >= 0.3 is 11.9 Å². The normalized spacial score (nSPS) is 9.10. The molecule has 0 aliphatic carbocycles. The van der Waals surface area contributed by atoms with E-state index in [1.807, 2.05) is 0 Å². The van der Waals surface area contributed by atoms with Crippen molar-refractivity contribution in [1.82, 2.24) is 0 Å². The molecular weight excluding hydrogens is 264 g/mol. The van der Waals surface area contributed by atoms with E-state index in [4.69, 9.17) is 21.7 Å². The summed E-state index contributed by atoms with van der Waals surface area (Å²) in [6.45, 7) is 4.81. The van der Waals surface area contributed by atoms with Crippen LogP contribution in [0.2, 0.25) is 0 Å². The van der Waals surface area contributed by atoms with Gasteiger partial charge in [0.2, 0.25) is 0 Å².